The summed E-state index contributed by atoms with van der Waals surface area (Å²) < 4.78 is 21.4. The van der Waals surface area contributed by atoms with Gasteiger partial charge in [0.1, 0.15) is 17.6 Å². The maximum atomic E-state index is 11.1. The second-order valence-electron chi connectivity index (χ2n) is 6.90. The molecule has 1 N–H and O–H groups in total. The van der Waals surface area contributed by atoms with Gasteiger partial charge in [0.05, 0.1) is 13.4 Å². The molecular weight excluding hydrogens is 370 g/mol. The van der Waals surface area contributed by atoms with Gasteiger partial charge in [0.2, 0.25) is 0 Å². The quantitative estimate of drug-likeness (QED) is 0.520. The summed E-state index contributed by atoms with van der Waals surface area (Å²) in [4.78, 5) is 11.1. The third-order valence-electron chi connectivity index (χ3n) is 4.93. The van der Waals surface area contributed by atoms with Gasteiger partial charge in [-0.2, -0.15) is 0 Å². The Hall–Kier alpha value is -2.83. The molecule has 6 heteroatoms. The fraction of sp³-hybridized carbons (Fsp3) is 0.348. The lowest BCUT2D eigenvalue weighted by molar-refractivity contribution is -0.142. The van der Waals surface area contributed by atoms with E-state index in [-0.39, 0.29) is 12.7 Å². The number of ether oxygens (including phenoxy) is 3. The fourth-order valence-corrected chi connectivity index (χ4v) is 3.19. The van der Waals surface area contributed by atoms with Gasteiger partial charge in [0.15, 0.2) is 6.61 Å². The predicted molar refractivity (Wildman–Crippen MR) is 111 cm³/mol. The number of carbonyl (C=O) groups is 1. The SMILES string of the molecule is COC(=O)COc1ccc(C(C)CNCC(OC)c2occ3ccccc23)cc1. The summed E-state index contributed by atoms with van der Waals surface area (Å²) >= 11 is 0. The van der Waals surface area contributed by atoms with E-state index < -0.39 is 5.97 Å². The summed E-state index contributed by atoms with van der Waals surface area (Å²) in [6.45, 7) is 3.51. The van der Waals surface area contributed by atoms with Crippen molar-refractivity contribution in [1.82, 2.24) is 5.32 Å². The number of furan rings is 1. The molecule has 0 aliphatic rings. The maximum absolute atomic E-state index is 11.1. The minimum atomic E-state index is -0.399. The van der Waals surface area contributed by atoms with Crippen molar-refractivity contribution in [3.63, 3.8) is 0 Å². The van der Waals surface area contributed by atoms with E-state index in [9.17, 15) is 4.79 Å². The number of nitrogens with one attached hydrogen (secondary N) is 1. The summed E-state index contributed by atoms with van der Waals surface area (Å²) in [5.41, 5.74) is 1.18. The third kappa shape index (κ3) is 5.37. The molecule has 1 heterocycles. The van der Waals surface area contributed by atoms with Gasteiger partial charge in [-0.15, -0.1) is 0 Å². The molecule has 1 aromatic heterocycles. The van der Waals surface area contributed by atoms with E-state index >= 15 is 0 Å². The lowest BCUT2D eigenvalue weighted by Gasteiger charge is -2.18. The molecule has 154 valence electrons. The van der Waals surface area contributed by atoms with Crippen LogP contribution in [0, 0.1) is 0 Å². The first-order valence-corrected chi connectivity index (χ1v) is 9.61. The molecule has 3 rings (SSSR count). The van der Waals surface area contributed by atoms with E-state index in [4.69, 9.17) is 13.9 Å². The normalized spacial score (nSPS) is 13.2. The molecule has 0 saturated heterocycles. The zero-order valence-electron chi connectivity index (χ0n) is 17.0. The summed E-state index contributed by atoms with van der Waals surface area (Å²) in [7, 11) is 3.03. The van der Waals surface area contributed by atoms with Crippen LogP contribution in [0.15, 0.2) is 59.2 Å². The van der Waals surface area contributed by atoms with Gasteiger partial charge in [0.25, 0.3) is 0 Å². The highest BCUT2D eigenvalue weighted by Crippen LogP contribution is 2.28. The highest BCUT2D eigenvalue weighted by Gasteiger charge is 2.18. The van der Waals surface area contributed by atoms with Crippen LogP contribution in [0.2, 0.25) is 0 Å². The van der Waals surface area contributed by atoms with Crippen LogP contribution in [0.4, 0.5) is 0 Å². The van der Waals surface area contributed by atoms with Crippen molar-refractivity contribution in [2.45, 2.75) is 18.9 Å². The van der Waals surface area contributed by atoms with Gasteiger partial charge in [-0.1, -0.05) is 43.3 Å². The van der Waals surface area contributed by atoms with Crippen LogP contribution >= 0.6 is 0 Å². The highest BCUT2D eigenvalue weighted by molar-refractivity contribution is 5.84. The first-order chi connectivity index (χ1) is 14.1. The Kier molecular flexibility index (Phi) is 7.27. The molecule has 0 aliphatic carbocycles. The molecule has 0 amide bonds. The molecule has 0 fully saturated rings. The molecule has 0 spiro atoms. The van der Waals surface area contributed by atoms with Gasteiger partial charge < -0.3 is 23.9 Å². The second kappa shape index (κ2) is 10.1. The number of fused-ring (bicyclic) bond motifs is 1. The molecule has 0 bridgehead atoms. The van der Waals surface area contributed by atoms with Crippen LogP contribution in [0.5, 0.6) is 5.75 Å². The van der Waals surface area contributed by atoms with Crippen molar-refractivity contribution < 1.29 is 23.4 Å². The smallest absolute Gasteiger partial charge is 0.343 e. The topological polar surface area (TPSA) is 69.9 Å². The Morgan fingerprint density at radius 1 is 1.07 bits per heavy atom. The van der Waals surface area contributed by atoms with Gasteiger partial charge in [-0.3, -0.25) is 0 Å². The summed E-state index contributed by atoms with van der Waals surface area (Å²) in [5.74, 6) is 1.39. The van der Waals surface area contributed by atoms with E-state index in [0.29, 0.717) is 18.2 Å². The highest BCUT2D eigenvalue weighted by atomic mass is 16.6. The number of rotatable bonds is 10. The summed E-state index contributed by atoms with van der Waals surface area (Å²) in [6, 6.07) is 15.8. The number of hydrogen-bond acceptors (Lipinski definition) is 6. The average Bonchev–Trinajstić information content (AvgIpc) is 3.19. The molecular formula is C23H27NO5. The second-order valence-corrected chi connectivity index (χ2v) is 6.90. The van der Waals surface area contributed by atoms with Gasteiger partial charge in [-0.25, -0.2) is 4.79 Å². The summed E-state index contributed by atoms with van der Waals surface area (Å²) in [6.07, 6.45) is 1.61. The molecule has 0 aliphatic heterocycles. The van der Waals surface area contributed by atoms with Crippen molar-refractivity contribution in [3.8, 4) is 5.75 Å². The lowest BCUT2D eigenvalue weighted by atomic mass is 10.0. The van der Waals surface area contributed by atoms with Crippen molar-refractivity contribution in [2.24, 2.45) is 0 Å². The van der Waals surface area contributed by atoms with Crippen LogP contribution in [0.1, 0.15) is 30.3 Å². The molecule has 0 radical (unpaired) electrons. The Bertz CT molecular complexity index is 918. The minimum Gasteiger partial charge on any atom is -0.482 e. The van der Waals surface area contributed by atoms with Gasteiger partial charge >= 0.3 is 5.97 Å². The van der Waals surface area contributed by atoms with Crippen molar-refractivity contribution in [3.05, 3.63) is 66.1 Å². The Morgan fingerprint density at radius 2 is 1.83 bits per heavy atom. The van der Waals surface area contributed by atoms with E-state index in [2.05, 4.69) is 17.0 Å². The Labute approximate surface area is 170 Å². The van der Waals surface area contributed by atoms with E-state index in [1.54, 1.807) is 13.4 Å². The van der Waals surface area contributed by atoms with Gasteiger partial charge in [-0.05, 0) is 23.6 Å². The number of hydrogen-bond donors (Lipinski definition) is 1. The van der Waals surface area contributed by atoms with Crippen molar-refractivity contribution >= 4 is 16.7 Å². The molecule has 6 nitrogen and oxygen atoms in total. The van der Waals surface area contributed by atoms with E-state index in [0.717, 1.165) is 23.1 Å². The predicted octanol–water partition coefficient (Wildman–Crippen LogP) is 4.07. The average molecular weight is 397 g/mol. The van der Waals surface area contributed by atoms with Crippen LogP contribution in [-0.4, -0.2) is 39.9 Å². The van der Waals surface area contributed by atoms with Crippen LogP contribution in [0.3, 0.4) is 0 Å². The maximum Gasteiger partial charge on any atom is 0.343 e. The molecule has 3 aromatic rings. The molecule has 29 heavy (non-hydrogen) atoms. The number of carbonyl (C=O) groups excluding carboxylic acids is 1. The standard InChI is InChI=1S/C23H27NO5/c1-16(17-8-10-19(11-9-17)28-15-22(25)27-3)12-24-13-21(26-2)23-20-7-5-4-6-18(20)14-29-23/h4-11,14,16,21,24H,12-13,15H2,1-3H3. The zero-order valence-corrected chi connectivity index (χ0v) is 17.0. The fourth-order valence-electron chi connectivity index (χ4n) is 3.19. The van der Waals surface area contributed by atoms with Crippen molar-refractivity contribution in [1.29, 1.82) is 0 Å². The third-order valence-corrected chi connectivity index (χ3v) is 4.93. The number of esters is 1. The van der Waals surface area contributed by atoms with Crippen LogP contribution in [-0.2, 0) is 14.3 Å². The molecule has 2 aromatic carbocycles. The minimum absolute atomic E-state index is 0.0905. The Morgan fingerprint density at radius 3 is 2.55 bits per heavy atom. The van der Waals surface area contributed by atoms with Gasteiger partial charge in [0, 0.05) is 31.0 Å². The van der Waals surface area contributed by atoms with Crippen molar-refractivity contribution in [2.75, 3.05) is 33.9 Å². The Balaban J connectivity index is 1.52. The van der Waals surface area contributed by atoms with E-state index in [1.165, 1.54) is 12.7 Å². The van der Waals surface area contributed by atoms with Crippen LogP contribution in [0.25, 0.3) is 10.8 Å². The molecule has 0 saturated carbocycles. The molecule has 2 atom stereocenters. The number of methoxy groups -OCH3 is 2. The van der Waals surface area contributed by atoms with E-state index in [1.807, 2.05) is 48.5 Å². The summed E-state index contributed by atoms with van der Waals surface area (Å²) in [5, 5.41) is 5.63. The number of benzene rings is 2. The largest absolute Gasteiger partial charge is 0.482 e. The zero-order chi connectivity index (χ0) is 20.6. The first-order valence-electron chi connectivity index (χ1n) is 9.61. The lowest BCUT2D eigenvalue weighted by Crippen LogP contribution is -2.26. The van der Waals surface area contributed by atoms with Crippen LogP contribution < -0.4 is 10.1 Å². The monoisotopic (exact) mass is 397 g/mol. The first kappa shape index (κ1) is 20.9. The molecule has 2 unspecified atom stereocenters.